The van der Waals surface area contributed by atoms with E-state index in [9.17, 15) is 22.4 Å². The summed E-state index contributed by atoms with van der Waals surface area (Å²) in [6.07, 6.45) is -3.09. The molecule has 4 rings (SSSR count). The Morgan fingerprint density at radius 2 is 2.00 bits per heavy atom. The number of hydrogen-bond acceptors (Lipinski definition) is 3. The zero-order valence-electron chi connectivity index (χ0n) is 17.4. The van der Waals surface area contributed by atoms with Gasteiger partial charge in [0.1, 0.15) is 5.82 Å². The second kappa shape index (κ2) is 9.09. The predicted octanol–water partition coefficient (Wildman–Crippen LogP) is 5.92. The first-order valence-electron chi connectivity index (χ1n) is 10.1. The Bertz CT molecular complexity index is 1180. The first-order chi connectivity index (χ1) is 15.5. The van der Waals surface area contributed by atoms with E-state index >= 15 is 0 Å². The maximum atomic E-state index is 14.1. The molecule has 1 fully saturated rings. The van der Waals surface area contributed by atoms with E-state index in [-0.39, 0.29) is 46.3 Å². The van der Waals surface area contributed by atoms with Crippen molar-refractivity contribution < 1.29 is 22.4 Å². The molecule has 0 spiro atoms. The molecule has 1 aliphatic carbocycles. The minimum atomic E-state index is -4.58. The molecule has 1 amide bonds. The lowest BCUT2D eigenvalue weighted by atomic mass is 10.2. The molecule has 0 radical (unpaired) electrons. The van der Waals surface area contributed by atoms with E-state index < -0.39 is 23.6 Å². The molecule has 0 atom stereocenters. The van der Waals surface area contributed by atoms with Crippen LogP contribution < -0.4 is 5.32 Å². The number of anilines is 1. The number of carbonyl (C=O) groups is 1. The van der Waals surface area contributed by atoms with Crippen LogP contribution in [0.4, 0.5) is 23.4 Å². The molecule has 0 unspecified atom stereocenters. The van der Waals surface area contributed by atoms with Crippen LogP contribution in [0.5, 0.6) is 0 Å². The van der Waals surface area contributed by atoms with Crippen molar-refractivity contribution in [2.24, 2.45) is 0 Å². The van der Waals surface area contributed by atoms with Crippen LogP contribution in [0.3, 0.4) is 0 Å². The van der Waals surface area contributed by atoms with Gasteiger partial charge in [-0.3, -0.25) is 14.2 Å². The van der Waals surface area contributed by atoms with E-state index in [0.717, 1.165) is 12.8 Å². The molecule has 33 heavy (non-hydrogen) atoms. The molecular formula is C21H19BrClF4N5O. The van der Waals surface area contributed by atoms with E-state index in [4.69, 9.17) is 11.6 Å². The number of carbonyl (C=O) groups excluding carboxylic acids is 1. The lowest BCUT2D eigenvalue weighted by Gasteiger charge is -2.08. The highest BCUT2D eigenvalue weighted by Crippen LogP contribution is 2.47. The molecule has 0 aliphatic heterocycles. The average molecular weight is 549 g/mol. The van der Waals surface area contributed by atoms with E-state index in [2.05, 4.69) is 31.4 Å². The van der Waals surface area contributed by atoms with Gasteiger partial charge in [0, 0.05) is 34.7 Å². The number of alkyl halides is 3. The van der Waals surface area contributed by atoms with Gasteiger partial charge in [0.25, 0.3) is 0 Å². The number of nitrogens with zero attached hydrogens (tertiary/aromatic N) is 4. The fourth-order valence-corrected chi connectivity index (χ4v) is 4.58. The number of hydrogen-bond donors (Lipinski definition) is 1. The first-order valence-corrected chi connectivity index (χ1v) is 11.3. The lowest BCUT2D eigenvalue weighted by Crippen LogP contribution is -2.17. The van der Waals surface area contributed by atoms with E-state index in [1.54, 1.807) is 19.1 Å². The Balaban J connectivity index is 1.43. The Labute approximate surface area is 200 Å². The first kappa shape index (κ1) is 23.7. The highest BCUT2D eigenvalue weighted by molar-refractivity contribution is 9.10. The molecule has 1 aromatic carbocycles. The highest BCUT2D eigenvalue weighted by Gasteiger charge is 2.41. The van der Waals surface area contributed by atoms with Crippen LogP contribution >= 0.6 is 27.5 Å². The summed E-state index contributed by atoms with van der Waals surface area (Å²) in [6.45, 7) is 1.83. The normalized spacial score (nSPS) is 14.0. The highest BCUT2D eigenvalue weighted by atomic mass is 79.9. The van der Waals surface area contributed by atoms with Crippen LogP contribution in [0.1, 0.15) is 47.8 Å². The summed E-state index contributed by atoms with van der Waals surface area (Å²) < 4.78 is 56.5. The third-order valence-corrected chi connectivity index (χ3v) is 6.47. The van der Waals surface area contributed by atoms with Crippen molar-refractivity contribution in [3.05, 3.63) is 62.2 Å². The van der Waals surface area contributed by atoms with E-state index in [1.807, 2.05) is 0 Å². The van der Waals surface area contributed by atoms with Gasteiger partial charge in [-0.05, 0) is 47.8 Å². The van der Waals surface area contributed by atoms with Gasteiger partial charge in [0.2, 0.25) is 5.91 Å². The SMILES string of the molecule is Cc1cc(NC(=O)CCn2nc(C(F)(F)F)c(Br)c2C2CC2)nn1Cc1c(F)cccc1Cl. The van der Waals surface area contributed by atoms with Crippen molar-refractivity contribution in [3.63, 3.8) is 0 Å². The third kappa shape index (κ3) is 5.24. The molecule has 2 aromatic heterocycles. The molecule has 0 bridgehead atoms. The summed E-state index contributed by atoms with van der Waals surface area (Å²) in [4.78, 5) is 12.4. The Hall–Kier alpha value is -2.40. The zero-order valence-corrected chi connectivity index (χ0v) is 19.7. The van der Waals surface area contributed by atoms with Gasteiger partial charge < -0.3 is 5.32 Å². The summed E-state index contributed by atoms with van der Waals surface area (Å²) in [5, 5.41) is 10.9. The lowest BCUT2D eigenvalue weighted by molar-refractivity contribution is -0.142. The fraction of sp³-hybridized carbons (Fsp3) is 0.381. The monoisotopic (exact) mass is 547 g/mol. The quantitative estimate of drug-likeness (QED) is 0.373. The van der Waals surface area contributed by atoms with Gasteiger partial charge in [0.15, 0.2) is 11.5 Å². The maximum Gasteiger partial charge on any atom is 0.436 e. The van der Waals surface area contributed by atoms with Crippen molar-refractivity contribution in [2.45, 2.75) is 51.4 Å². The van der Waals surface area contributed by atoms with Crippen molar-refractivity contribution >= 4 is 39.3 Å². The van der Waals surface area contributed by atoms with E-state index in [1.165, 1.54) is 21.5 Å². The Morgan fingerprint density at radius 3 is 2.64 bits per heavy atom. The number of benzene rings is 1. The predicted molar refractivity (Wildman–Crippen MR) is 118 cm³/mol. The average Bonchev–Trinajstić information content (AvgIpc) is 3.41. The van der Waals surface area contributed by atoms with Gasteiger partial charge in [-0.2, -0.15) is 23.4 Å². The maximum absolute atomic E-state index is 14.1. The number of aromatic nitrogens is 4. The van der Waals surface area contributed by atoms with E-state index in [0.29, 0.717) is 11.4 Å². The standard InChI is InChI=1S/C21H19BrClF4N5O/c1-11-9-16(29-32(11)10-13-14(23)3-2-4-15(13)24)28-17(33)7-8-31-19(12-5-6-12)18(22)20(30-31)21(25,26)27/h2-4,9,12H,5-8,10H2,1H3,(H,28,29,33). The van der Waals surface area contributed by atoms with Crippen LogP contribution in [-0.2, 0) is 24.1 Å². The van der Waals surface area contributed by atoms with Gasteiger partial charge >= 0.3 is 6.18 Å². The third-order valence-electron chi connectivity index (χ3n) is 5.33. The summed E-state index contributed by atoms with van der Waals surface area (Å²) in [5.41, 5.74) is 0.440. The van der Waals surface area contributed by atoms with Gasteiger partial charge in [-0.15, -0.1) is 0 Å². The molecule has 1 saturated carbocycles. The summed E-state index contributed by atoms with van der Waals surface area (Å²) >= 11 is 9.10. The largest absolute Gasteiger partial charge is 0.436 e. The van der Waals surface area contributed by atoms with Crippen molar-refractivity contribution in [3.8, 4) is 0 Å². The number of nitrogens with one attached hydrogen (secondary N) is 1. The molecule has 0 saturated heterocycles. The second-order valence-corrected chi connectivity index (χ2v) is 9.07. The number of halogens is 6. The molecule has 6 nitrogen and oxygen atoms in total. The molecule has 1 aliphatic rings. The Kier molecular flexibility index (Phi) is 6.54. The van der Waals surface area contributed by atoms with Crippen LogP contribution in [0.15, 0.2) is 28.7 Å². The molecule has 1 N–H and O–H groups in total. The van der Waals surface area contributed by atoms with Crippen LogP contribution in [-0.4, -0.2) is 25.5 Å². The second-order valence-electron chi connectivity index (χ2n) is 7.87. The summed E-state index contributed by atoms with van der Waals surface area (Å²) in [7, 11) is 0. The van der Waals surface area contributed by atoms with Crippen LogP contribution in [0, 0.1) is 12.7 Å². The molecular weight excluding hydrogens is 530 g/mol. The molecule has 12 heteroatoms. The van der Waals surface area contributed by atoms with Crippen molar-refractivity contribution in [2.75, 3.05) is 5.32 Å². The minimum absolute atomic E-state index is 0.00310. The molecule has 2 heterocycles. The smallest absolute Gasteiger partial charge is 0.309 e. The topological polar surface area (TPSA) is 64.7 Å². The minimum Gasteiger partial charge on any atom is -0.309 e. The molecule has 3 aromatic rings. The van der Waals surface area contributed by atoms with Crippen molar-refractivity contribution in [1.29, 1.82) is 0 Å². The fourth-order valence-electron chi connectivity index (χ4n) is 3.53. The van der Waals surface area contributed by atoms with Gasteiger partial charge in [-0.1, -0.05) is 17.7 Å². The number of aryl methyl sites for hydroxylation is 2. The summed E-state index contributed by atoms with van der Waals surface area (Å²) in [6, 6.07) is 6.01. The van der Waals surface area contributed by atoms with Gasteiger partial charge in [0.05, 0.1) is 23.3 Å². The van der Waals surface area contributed by atoms with Gasteiger partial charge in [-0.25, -0.2) is 4.39 Å². The summed E-state index contributed by atoms with van der Waals surface area (Å²) in [5.74, 6) is -0.622. The van der Waals surface area contributed by atoms with Crippen LogP contribution in [0.2, 0.25) is 5.02 Å². The molecule has 176 valence electrons. The van der Waals surface area contributed by atoms with Crippen LogP contribution in [0.25, 0.3) is 0 Å². The number of rotatable bonds is 7. The van der Waals surface area contributed by atoms with Crippen molar-refractivity contribution in [1.82, 2.24) is 19.6 Å². The number of amides is 1. The Morgan fingerprint density at radius 1 is 1.27 bits per heavy atom. The zero-order chi connectivity index (χ0) is 23.9.